The number of hydrogen-bond donors (Lipinski definition) is 1. The van der Waals surface area contributed by atoms with Gasteiger partial charge < -0.3 is 19.9 Å². The molecular weight excluding hydrogens is 383 g/mol. The van der Waals surface area contributed by atoms with Crippen LogP contribution in [-0.2, 0) is 12.6 Å². The summed E-state index contributed by atoms with van der Waals surface area (Å²) in [4.78, 5) is 15.9. The van der Waals surface area contributed by atoms with Gasteiger partial charge in [0.1, 0.15) is 5.75 Å². The Morgan fingerprint density at radius 1 is 1.07 bits per heavy atom. The summed E-state index contributed by atoms with van der Waals surface area (Å²) in [6, 6.07) is 12.8. The van der Waals surface area contributed by atoms with E-state index in [0.717, 1.165) is 23.4 Å². The lowest BCUT2D eigenvalue weighted by atomic mass is 10.1. The molecule has 1 aliphatic rings. The van der Waals surface area contributed by atoms with Crippen molar-refractivity contribution in [1.82, 2.24) is 10.2 Å². The number of ether oxygens (including phenoxy) is 1. The molecule has 0 spiro atoms. The predicted octanol–water partition coefficient (Wildman–Crippen LogP) is 3.79. The van der Waals surface area contributed by atoms with Gasteiger partial charge in [-0.2, -0.15) is 13.2 Å². The molecule has 0 unspecified atom stereocenters. The Morgan fingerprint density at radius 3 is 2.48 bits per heavy atom. The molecule has 8 heteroatoms. The SMILES string of the molecule is COc1ccccc1CCNC(=O)N1CCN(c2cccc(C(F)(F)F)c2)CC1. The molecule has 3 rings (SSSR count). The summed E-state index contributed by atoms with van der Waals surface area (Å²) < 4.78 is 44.0. The lowest BCUT2D eigenvalue weighted by Gasteiger charge is -2.36. The third kappa shape index (κ3) is 5.34. The van der Waals surface area contributed by atoms with E-state index in [1.54, 1.807) is 18.1 Å². The van der Waals surface area contributed by atoms with E-state index >= 15 is 0 Å². The number of halogens is 3. The van der Waals surface area contributed by atoms with Crippen LogP contribution in [0.4, 0.5) is 23.7 Å². The van der Waals surface area contributed by atoms with Gasteiger partial charge in [0.2, 0.25) is 0 Å². The molecule has 2 amide bonds. The molecule has 0 bridgehead atoms. The van der Waals surface area contributed by atoms with Crippen LogP contribution >= 0.6 is 0 Å². The molecule has 5 nitrogen and oxygen atoms in total. The number of carbonyl (C=O) groups excluding carboxylic acids is 1. The zero-order chi connectivity index (χ0) is 20.9. The van der Waals surface area contributed by atoms with Gasteiger partial charge in [-0.1, -0.05) is 24.3 Å². The molecule has 1 aliphatic heterocycles. The smallest absolute Gasteiger partial charge is 0.416 e. The third-order valence-electron chi connectivity index (χ3n) is 4.97. The Kier molecular flexibility index (Phi) is 6.51. The first-order valence-corrected chi connectivity index (χ1v) is 9.45. The van der Waals surface area contributed by atoms with Gasteiger partial charge in [-0.25, -0.2) is 4.79 Å². The molecule has 1 fully saturated rings. The molecule has 29 heavy (non-hydrogen) atoms. The number of rotatable bonds is 5. The van der Waals surface area contributed by atoms with Gasteiger partial charge in [0.15, 0.2) is 0 Å². The van der Waals surface area contributed by atoms with Gasteiger partial charge in [0, 0.05) is 38.4 Å². The van der Waals surface area contributed by atoms with E-state index < -0.39 is 11.7 Å². The maximum atomic E-state index is 12.9. The highest BCUT2D eigenvalue weighted by Crippen LogP contribution is 2.31. The summed E-state index contributed by atoms with van der Waals surface area (Å²) in [5.41, 5.74) is 0.882. The molecule has 0 aromatic heterocycles. The second-order valence-corrected chi connectivity index (χ2v) is 6.82. The van der Waals surface area contributed by atoms with Gasteiger partial charge >= 0.3 is 12.2 Å². The van der Waals surface area contributed by atoms with Crippen LogP contribution in [-0.4, -0.2) is 50.8 Å². The normalized spacial score (nSPS) is 14.6. The summed E-state index contributed by atoms with van der Waals surface area (Å²) in [7, 11) is 1.61. The van der Waals surface area contributed by atoms with E-state index in [0.29, 0.717) is 44.8 Å². The number of urea groups is 1. The number of alkyl halides is 3. The van der Waals surface area contributed by atoms with Crippen LogP contribution in [0.25, 0.3) is 0 Å². The fraction of sp³-hybridized carbons (Fsp3) is 0.381. The summed E-state index contributed by atoms with van der Waals surface area (Å²) in [6.45, 7) is 2.36. The fourth-order valence-corrected chi connectivity index (χ4v) is 3.37. The molecule has 1 N–H and O–H groups in total. The molecule has 1 saturated heterocycles. The van der Waals surface area contributed by atoms with Crippen molar-refractivity contribution in [3.63, 3.8) is 0 Å². The van der Waals surface area contributed by atoms with Crippen LogP contribution in [0.1, 0.15) is 11.1 Å². The van der Waals surface area contributed by atoms with Crippen molar-refractivity contribution in [3.8, 4) is 5.75 Å². The minimum atomic E-state index is -4.36. The number of nitrogens with zero attached hydrogens (tertiary/aromatic N) is 2. The van der Waals surface area contributed by atoms with Gasteiger partial charge in [-0.05, 0) is 36.2 Å². The highest BCUT2D eigenvalue weighted by molar-refractivity contribution is 5.74. The van der Waals surface area contributed by atoms with Crippen molar-refractivity contribution in [1.29, 1.82) is 0 Å². The Hall–Kier alpha value is -2.90. The van der Waals surface area contributed by atoms with Gasteiger partial charge in [-0.3, -0.25) is 0 Å². The van der Waals surface area contributed by atoms with Crippen molar-refractivity contribution in [2.75, 3.05) is 44.7 Å². The topological polar surface area (TPSA) is 44.8 Å². The van der Waals surface area contributed by atoms with Gasteiger partial charge in [0.05, 0.1) is 12.7 Å². The Morgan fingerprint density at radius 2 is 1.79 bits per heavy atom. The summed E-state index contributed by atoms with van der Waals surface area (Å²) >= 11 is 0. The zero-order valence-electron chi connectivity index (χ0n) is 16.2. The summed E-state index contributed by atoms with van der Waals surface area (Å²) in [5, 5.41) is 2.90. The van der Waals surface area contributed by atoms with Crippen LogP contribution < -0.4 is 15.0 Å². The first-order valence-electron chi connectivity index (χ1n) is 9.45. The van der Waals surface area contributed by atoms with Crippen LogP contribution in [0.3, 0.4) is 0 Å². The number of benzene rings is 2. The largest absolute Gasteiger partial charge is 0.496 e. The number of anilines is 1. The second-order valence-electron chi connectivity index (χ2n) is 6.82. The van der Waals surface area contributed by atoms with Crippen LogP contribution in [0.2, 0.25) is 0 Å². The fourth-order valence-electron chi connectivity index (χ4n) is 3.37. The molecule has 2 aromatic carbocycles. The van der Waals surface area contributed by atoms with Crippen molar-refractivity contribution >= 4 is 11.7 Å². The van der Waals surface area contributed by atoms with E-state index in [4.69, 9.17) is 4.74 Å². The second kappa shape index (κ2) is 9.07. The number of amides is 2. The van der Waals surface area contributed by atoms with Crippen LogP contribution in [0, 0.1) is 0 Å². The average molecular weight is 407 g/mol. The van der Waals surface area contributed by atoms with E-state index in [-0.39, 0.29) is 6.03 Å². The van der Waals surface area contributed by atoms with Gasteiger partial charge in [0.25, 0.3) is 0 Å². The van der Waals surface area contributed by atoms with E-state index in [1.165, 1.54) is 6.07 Å². The quantitative estimate of drug-likeness (QED) is 0.820. The number of hydrogen-bond acceptors (Lipinski definition) is 3. The zero-order valence-corrected chi connectivity index (χ0v) is 16.2. The van der Waals surface area contributed by atoms with Crippen LogP contribution in [0.15, 0.2) is 48.5 Å². The molecule has 156 valence electrons. The number of carbonyl (C=O) groups is 1. The lowest BCUT2D eigenvalue weighted by Crippen LogP contribution is -2.52. The average Bonchev–Trinajstić information content (AvgIpc) is 2.73. The first kappa shape index (κ1) is 20.8. The third-order valence-corrected chi connectivity index (χ3v) is 4.97. The summed E-state index contributed by atoms with van der Waals surface area (Å²) in [5.74, 6) is 0.788. The maximum Gasteiger partial charge on any atom is 0.416 e. The molecule has 0 aliphatic carbocycles. The lowest BCUT2D eigenvalue weighted by molar-refractivity contribution is -0.137. The predicted molar refractivity (Wildman–Crippen MR) is 105 cm³/mol. The Balaban J connectivity index is 1.48. The number of para-hydroxylation sites is 1. The van der Waals surface area contributed by atoms with E-state index in [2.05, 4.69) is 5.32 Å². The molecule has 0 saturated carbocycles. The number of methoxy groups -OCH3 is 1. The standard InChI is InChI=1S/C21H24F3N3O2/c1-29-19-8-3-2-5-16(19)9-10-25-20(28)27-13-11-26(12-14-27)18-7-4-6-17(15-18)21(22,23)24/h2-8,15H,9-14H2,1H3,(H,25,28). The number of piperazine rings is 1. The van der Waals surface area contributed by atoms with Gasteiger partial charge in [-0.15, -0.1) is 0 Å². The molecule has 0 atom stereocenters. The minimum Gasteiger partial charge on any atom is -0.496 e. The maximum absolute atomic E-state index is 12.9. The molecule has 0 radical (unpaired) electrons. The number of nitrogens with one attached hydrogen (secondary N) is 1. The first-order chi connectivity index (χ1) is 13.9. The van der Waals surface area contributed by atoms with Crippen molar-refractivity contribution < 1.29 is 22.7 Å². The molecule has 2 aromatic rings. The van der Waals surface area contributed by atoms with E-state index in [1.807, 2.05) is 29.2 Å². The van der Waals surface area contributed by atoms with Crippen molar-refractivity contribution in [2.45, 2.75) is 12.6 Å². The summed E-state index contributed by atoms with van der Waals surface area (Å²) in [6.07, 6.45) is -3.71. The van der Waals surface area contributed by atoms with E-state index in [9.17, 15) is 18.0 Å². The monoisotopic (exact) mass is 407 g/mol. The highest BCUT2D eigenvalue weighted by atomic mass is 19.4. The van der Waals surface area contributed by atoms with Crippen molar-refractivity contribution in [3.05, 3.63) is 59.7 Å². The minimum absolute atomic E-state index is 0.163. The Labute approximate surface area is 168 Å². The van der Waals surface area contributed by atoms with Crippen molar-refractivity contribution in [2.24, 2.45) is 0 Å². The van der Waals surface area contributed by atoms with Crippen LogP contribution in [0.5, 0.6) is 5.75 Å². The molecular formula is C21H24F3N3O2. The molecule has 1 heterocycles. The Bertz CT molecular complexity index is 834. The highest BCUT2D eigenvalue weighted by Gasteiger charge is 2.31.